The molecule has 118 valence electrons. The molecule has 0 bridgehead atoms. The van der Waals surface area contributed by atoms with Gasteiger partial charge < -0.3 is 5.11 Å². The Morgan fingerprint density at radius 2 is 2.17 bits per heavy atom. The number of hydrogen-bond donors (Lipinski definition) is 1. The van der Waals surface area contributed by atoms with Gasteiger partial charge in [-0.1, -0.05) is 23.7 Å². The molecule has 0 radical (unpaired) electrons. The molecule has 2 aromatic carbocycles. The normalized spacial score (nSPS) is 11.1. The number of benzene rings is 2. The van der Waals surface area contributed by atoms with Gasteiger partial charge in [-0.2, -0.15) is 5.10 Å². The fourth-order valence-electron chi connectivity index (χ4n) is 2.47. The number of rotatable bonds is 3. The molecular formula is C16H11ClFIN2O2. The van der Waals surface area contributed by atoms with Gasteiger partial charge in [0.2, 0.25) is 0 Å². The number of carboxylic acids is 1. The fraction of sp³-hybridized carbons (Fsp3) is 0.125. The molecule has 23 heavy (non-hydrogen) atoms. The van der Waals surface area contributed by atoms with Gasteiger partial charge in [0.1, 0.15) is 9.52 Å². The van der Waals surface area contributed by atoms with E-state index in [9.17, 15) is 9.18 Å². The Labute approximate surface area is 150 Å². The zero-order chi connectivity index (χ0) is 16.7. The Morgan fingerprint density at radius 1 is 1.43 bits per heavy atom. The van der Waals surface area contributed by atoms with Crippen molar-refractivity contribution >= 4 is 51.1 Å². The first-order chi connectivity index (χ1) is 10.9. The first kappa shape index (κ1) is 16.2. The number of aromatic carboxylic acids is 1. The van der Waals surface area contributed by atoms with Crippen LogP contribution in [0.15, 0.2) is 30.3 Å². The zero-order valence-corrected chi connectivity index (χ0v) is 14.9. The maximum absolute atomic E-state index is 14.2. The highest BCUT2D eigenvalue weighted by atomic mass is 127. The van der Waals surface area contributed by atoms with Crippen molar-refractivity contribution in [3.8, 4) is 0 Å². The molecule has 0 amide bonds. The molecule has 0 unspecified atom stereocenters. The summed E-state index contributed by atoms with van der Waals surface area (Å²) >= 11 is 8.18. The van der Waals surface area contributed by atoms with Crippen molar-refractivity contribution < 1.29 is 14.3 Å². The van der Waals surface area contributed by atoms with Crippen molar-refractivity contribution in [3.05, 3.63) is 61.6 Å². The highest BCUT2D eigenvalue weighted by Crippen LogP contribution is 2.28. The summed E-state index contributed by atoms with van der Waals surface area (Å²) in [5, 5.41) is 14.4. The van der Waals surface area contributed by atoms with Gasteiger partial charge in [-0.15, -0.1) is 0 Å². The number of carbonyl (C=O) groups is 1. The van der Waals surface area contributed by atoms with E-state index in [0.29, 0.717) is 26.2 Å². The third kappa shape index (κ3) is 2.92. The van der Waals surface area contributed by atoms with Crippen molar-refractivity contribution in [1.29, 1.82) is 0 Å². The number of carboxylic acid groups (broad SMARTS) is 1. The molecule has 4 nitrogen and oxygen atoms in total. The summed E-state index contributed by atoms with van der Waals surface area (Å²) in [4.78, 5) is 11.2. The lowest BCUT2D eigenvalue weighted by molar-refractivity contribution is 0.0696. The van der Waals surface area contributed by atoms with Crippen LogP contribution in [-0.2, 0) is 6.54 Å². The molecule has 1 heterocycles. The predicted molar refractivity (Wildman–Crippen MR) is 94.7 cm³/mol. The monoisotopic (exact) mass is 444 g/mol. The molecule has 0 spiro atoms. The Hall–Kier alpha value is -1.67. The molecule has 3 aromatic rings. The van der Waals surface area contributed by atoms with Gasteiger partial charge in [0.25, 0.3) is 0 Å². The average molecular weight is 445 g/mol. The minimum atomic E-state index is -1.18. The molecule has 0 saturated heterocycles. The molecule has 1 aromatic heterocycles. The molecule has 0 aliphatic heterocycles. The van der Waals surface area contributed by atoms with Crippen molar-refractivity contribution in [2.75, 3.05) is 0 Å². The summed E-state index contributed by atoms with van der Waals surface area (Å²) in [6, 6.07) is 8.01. The average Bonchev–Trinajstić information content (AvgIpc) is 2.79. The molecule has 0 atom stereocenters. The van der Waals surface area contributed by atoms with E-state index in [1.54, 1.807) is 10.7 Å². The van der Waals surface area contributed by atoms with E-state index in [2.05, 4.69) is 5.10 Å². The first-order valence-corrected chi connectivity index (χ1v) is 8.17. The van der Waals surface area contributed by atoms with E-state index < -0.39 is 11.8 Å². The number of aryl methyl sites for hydroxylation is 1. The minimum absolute atomic E-state index is 0.108. The van der Waals surface area contributed by atoms with Crippen LogP contribution in [0.25, 0.3) is 10.9 Å². The maximum atomic E-state index is 14.2. The third-order valence-electron chi connectivity index (χ3n) is 3.67. The van der Waals surface area contributed by atoms with E-state index in [1.807, 2.05) is 41.6 Å². The molecule has 0 saturated carbocycles. The van der Waals surface area contributed by atoms with Gasteiger partial charge in [-0.3, -0.25) is 4.68 Å². The van der Waals surface area contributed by atoms with Crippen LogP contribution in [0.4, 0.5) is 4.39 Å². The van der Waals surface area contributed by atoms with Crippen LogP contribution < -0.4 is 0 Å². The molecular weight excluding hydrogens is 434 g/mol. The molecule has 0 fully saturated rings. The van der Waals surface area contributed by atoms with Gasteiger partial charge in [0.05, 0.1) is 23.0 Å². The van der Waals surface area contributed by atoms with Crippen LogP contribution in [0.5, 0.6) is 0 Å². The Bertz CT molecular complexity index is 919. The predicted octanol–water partition coefficient (Wildman–Crippen LogP) is 4.49. The fourth-order valence-corrected chi connectivity index (χ4v) is 3.55. The van der Waals surface area contributed by atoms with Gasteiger partial charge in [-0.25, -0.2) is 9.18 Å². The van der Waals surface area contributed by atoms with E-state index >= 15 is 0 Å². The highest BCUT2D eigenvalue weighted by molar-refractivity contribution is 14.1. The molecule has 0 aliphatic rings. The van der Waals surface area contributed by atoms with Crippen LogP contribution in [-0.4, -0.2) is 20.9 Å². The smallest absolute Gasteiger partial charge is 0.335 e. The number of aromatic nitrogens is 2. The molecule has 7 heteroatoms. The summed E-state index contributed by atoms with van der Waals surface area (Å²) in [5.74, 6) is -1.77. The minimum Gasteiger partial charge on any atom is -0.478 e. The lowest BCUT2D eigenvalue weighted by atomic mass is 10.1. The summed E-state index contributed by atoms with van der Waals surface area (Å²) in [6.07, 6.45) is 0. The maximum Gasteiger partial charge on any atom is 0.335 e. The van der Waals surface area contributed by atoms with Crippen molar-refractivity contribution in [1.82, 2.24) is 9.78 Å². The number of hydrogen-bond acceptors (Lipinski definition) is 2. The first-order valence-electron chi connectivity index (χ1n) is 6.71. The van der Waals surface area contributed by atoms with Crippen molar-refractivity contribution in [2.24, 2.45) is 0 Å². The van der Waals surface area contributed by atoms with Gasteiger partial charge in [0.15, 0.2) is 0 Å². The van der Waals surface area contributed by atoms with Crippen molar-refractivity contribution in [3.63, 3.8) is 0 Å². The van der Waals surface area contributed by atoms with Crippen LogP contribution in [0.1, 0.15) is 21.5 Å². The van der Waals surface area contributed by atoms with E-state index in [0.717, 1.165) is 17.2 Å². The molecule has 1 N–H and O–H groups in total. The topological polar surface area (TPSA) is 55.1 Å². The Balaban J connectivity index is 2.20. The zero-order valence-electron chi connectivity index (χ0n) is 12.0. The number of fused-ring (bicyclic) bond motifs is 1. The lowest BCUT2D eigenvalue weighted by Gasteiger charge is -2.09. The van der Waals surface area contributed by atoms with Crippen LogP contribution in [0, 0.1) is 16.4 Å². The quantitative estimate of drug-likeness (QED) is 0.606. The van der Waals surface area contributed by atoms with E-state index in [1.165, 1.54) is 6.07 Å². The largest absolute Gasteiger partial charge is 0.478 e. The van der Waals surface area contributed by atoms with Crippen molar-refractivity contribution in [2.45, 2.75) is 13.5 Å². The second-order valence-electron chi connectivity index (χ2n) is 5.14. The summed E-state index contributed by atoms with van der Waals surface area (Å²) in [7, 11) is 0. The standard InChI is InChI=1S/C16H11ClFIN2O2/c1-8-3-2-4-11(17)10(8)7-21-13-6-9(16(22)23)5-12(18)14(13)15(19)20-21/h2-6H,7H2,1H3,(H,22,23). The van der Waals surface area contributed by atoms with Gasteiger partial charge >= 0.3 is 5.97 Å². The number of halogens is 3. The SMILES string of the molecule is Cc1cccc(Cl)c1Cn1nc(I)c2c(F)cc(C(=O)O)cc21. The van der Waals surface area contributed by atoms with Gasteiger partial charge in [0, 0.05) is 5.02 Å². The molecule has 3 rings (SSSR count). The summed E-state index contributed by atoms with van der Waals surface area (Å²) in [5.41, 5.74) is 2.19. The van der Waals surface area contributed by atoms with E-state index in [-0.39, 0.29) is 5.56 Å². The number of nitrogens with zero attached hydrogens (tertiary/aromatic N) is 2. The van der Waals surface area contributed by atoms with Crippen LogP contribution in [0.2, 0.25) is 5.02 Å². The Kier molecular flexibility index (Phi) is 4.29. The van der Waals surface area contributed by atoms with Gasteiger partial charge in [-0.05, 0) is 58.8 Å². The lowest BCUT2D eigenvalue weighted by Crippen LogP contribution is -2.05. The molecule has 0 aliphatic carbocycles. The third-order valence-corrected chi connectivity index (χ3v) is 4.78. The van der Waals surface area contributed by atoms with Crippen LogP contribution >= 0.6 is 34.2 Å². The van der Waals surface area contributed by atoms with Crippen LogP contribution in [0.3, 0.4) is 0 Å². The second-order valence-corrected chi connectivity index (χ2v) is 6.57. The highest BCUT2D eigenvalue weighted by Gasteiger charge is 2.18. The van der Waals surface area contributed by atoms with E-state index in [4.69, 9.17) is 16.7 Å². The summed E-state index contributed by atoms with van der Waals surface area (Å²) in [6.45, 7) is 2.27. The Morgan fingerprint density at radius 3 is 2.83 bits per heavy atom. The summed E-state index contributed by atoms with van der Waals surface area (Å²) < 4.78 is 16.3. The second kappa shape index (κ2) is 6.09.